The summed E-state index contributed by atoms with van der Waals surface area (Å²) in [7, 11) is 1.52. The number of nitrogens with zero attached hydrogens (tertiary/aromatic N) is 3. The summed E-state index contributed by atoms with van der Waals surface area (Å²) in [5.41, 5.74) is 3.07. The normalized spacial score (nSPS) is 14.6. The van der Waals surface area contributed by atoms with Gasteiger partial charge in [-0.25, -0.2) is 4.98 Å². The lowest BCUT2D eigenvalue weighted by Crippen LogP contribution is -2.36. The molecule has 2 aliphatic rings. The molecule has 3 N–H and O–H groups in total. The summed E-state index contributed by atoms with van der Waals surface area (Å²) in [4.78, 5) is 41.9. The van der Waals surface area contributed by atoms with E-state index in [1.807, 2.05) is 30.4 Å². The number of benzene rings is 1. The van der Waals surface area contributed by atoms with Crippen LogP contribution in [0, 0.1) is 0 Å². The Balaban J connectivity index is 1.18. The van der Waals surface area contributed by atoms with Crippen LogP contribution >= 0.6 is 0 Å². The van der Waals surface area contributed by atoms with Crippen molar-refractivity contribution < 1.29 is 19.1 Å². The van der Waals surface area contributed by atoms with Gasteiger partial charge in [-0.15, -0.1) is 0 Å². The number of rotatable bonds is 10. The molecule has 2 heterocycles. The summed E-state index contributed by atoms with van der Waals surface area (Å²) in [6.07, 6.45) is 11.5. The molecule has 0 aliphatic heterocycles. The molecule has 1 aromatic carbocycles. The Bertz CT molecular complexity index is 1440. The number of pyridine rings is 1. The van der Waals surface area contributed by atoms with E-state index in [2.05, 4.69) is 26.0 Å². The number of aromatic nitrogens is 3. The fourth-order valence-corrected chi connectivity index (χ4v) is 4.29. The van der Waals surface area contributed by atoms with E-state index in [-0.39, 0.29) is 24.3 Å². The highest BCUT2D eigenvalue weighted by Crippen LogP contribution is 2.39. The largest absolute Gasteiger partial charge is 0.494 e. The van der Waals surface area contributed by atoms with E-state index in [0.717, 1.165) is 36.8 Å². The molecule has 2 aliphatic carbocycles. The van der Waals surface area contributed by atoms with Crippen LogP contribution < -0.4 is 20.7 Å². The first-order valence-corrected chi connectivity index (χ1v) is 12.8. The Morgan fingerprint density at radius 3 is 2.68 bits per heavy atom. The SMILES string of the molecule is COc1cc2nn(CC(=O)NCCNC(=O)C3=CCCC=C3)cc2cc1NC(=O)c1cccc(C2CC2)n1. The number of hydrogen-bond donors (Lipinski definition) is 3. The van der Waals surface area contributed by atoms with Crippen molar-refractivity contribution in [3.63, 3.8) is 0 Å². The van der Waals surface area contributed by atoms with Gasteiger partial charge in [0.05, 0.1) is 18.3 Å². The van der Waals surface area contributed by atoms with E-state index in [1.54, 1.807) is 24.4 Å². The zero-order valence-electron chi connectivity index (χ0n) is 21.2. The van der Waals surface area contributed by atoms with Crippen LogP contribution in [0.5, 0.6) is 5.75 Å². The molecule has 38 heavy (non-hydrogen) atoms. The number of allylic oxidation sites excluding steroid dienone is 2. The molecule has 5 rings (SSSR count). The number of carbonyl (C=O) groups excluding carboxylic acids is 3. The van der Waals surface area contributed by atoms with Crippen molar-refractivity contribution in [1.29, 1.82) is 0 Å². The van der Waals surface area contributed by atoms with Crippen LogP contribution in [-0.4, -0.2) is 52.7 Å². The van der Waals surface area contributed by atoms with Gasteiger partial charge in [0.15, 0.2) is 0 Å². The van der Waals surface area contributed by atoms with E-state index < -0.39 is 0 Å². The van der Waals surface area contributed by atoms with Crippen molar-refractivity contribution in [2.75, 3.05) is 25.5 Å². The number of ether oxygens (including phenoxy) is 1. The summed E-state index contributed by atoms with van der Waals surface area (Å²) < 4.78 is 7.00. The molecule has 10 nitrogen and oxygen atoms in total. The summed E-state index contributed by atoms with van der Waals surface area (Å²) in [6.45, 7) is 0.649. The summed E-state index contributed by atoms with van der Waals surface area (Å²) in [5.74, 6) is 0.215. The number of methoxy groups -OCH3 is 1. The van der Waals surface area contributed by atoms with Crippen molar-refractivity contribution >= 4 is 34.3 Å². The van der Waals surface area contributed by atoms with Crippen LogP contribution in [-0.2, 0) is 16.1 Å². The van der Waals surface area contributed by atoms with Crippen molar-refractivity contribution in [2.45, 2.75) is 38.1 Å². The van der Waals surface area contributed by atoms with Gasteiger partial charge >= 0.3 is 0 Å². The highest BCUT2D eigenvalue weighted by Gasteiger charge is 2.25. The van der Waals surface area contributed by atoms with Crippen molar-refractivity contribution in [2.24, 2.45) is 0 Å². The molecule has 0 atom stereocenters. The summed E-state index contributed by atoms with van der Waals surface area (Å²) in [5, 5.41) is 13.7. The lowest BCUT2D eigenvalue weighted by Gasteiger charge is -2.10. The van der Waals surface area contributed by atoms with E-state index in [9.17, 15) is 14.4 Å². The average Bonchev–Trinajstić information content (AvgIpc) is 3.72. The third kappa shape index (κ3) is 6.08. The van der Waals surface area contributed by atoms with E-state index in [0.29, 0.717) is 47.2 Å². The second-order valence-electron chi connectivity index (χ2n) is 9.36. The number of hydrogen-bond acceptors (Lipinski definition) is 6. The lowest BCUT2D eigenvalue weighted by atomic mass is 10.1. The molecule has 0 bridgehead atoms. The van der Waals surface area contributed by atoms with Crippen LogP contribution in [0.2, 0.25) is 0 Å². The van der Waals surface area contributed by atoms with Gasteiger partial charge in [-0.1, -0.05) is 24.3 Å². The molecule has 2 aromatic heterocycles. The first-order valence-electron chi connectivity index (χ1n) is 12.8. The molecule has 196 valence electrons. The molecule has 0 radical (unpaired) electrons. The van der Waals surface area contributed by atoms with Crippen LogP contribution in [0.15, 0.2) is 60.3 Å². The van der Waals surface area contributed by atoms with Gasteiger partial charge in [0.1, 0.15) is 18.0 Å². The Kier molecular flexibility index (Phi) is 7.48. The van der Waals surface area contributed by atoms with Gasteiger partial charge in [-0.3, -0.25) is 19.1 Å². The maximum Gasteiger partial charge on any atom is 0.274 e. The van der Waals surface area contributed by atoms with Gasteiger partial charge in [0, 0.05) is 47.9 Å². The van der Waals surface area contributed by atoms with Gasteiger partial charge in [0.2, 0.25) is 5.91 Å². The quantitative estimate of drug-likeness (QED) is 0.357. The van der Waals surface area contributed by atoms with E-state index in [1.165, 1.54) is 11.8 Å². The predicted octanol–water partition coefficient (Wildman–Crippen LogP) is 3.08. The summed E-state index contributed by atoms with van der Waals surface area (Å²) in [6, 6.07) is 8.98. The lowest BCUT2D eigenvalue weighted by molar-refractivity contribution is -0.122. The number of anilines is 1. The van der Waals surface area contributed by atoms with Crippen LogP contribution in [0.25, 0.3) is 10.9 Å². The standard InChI is InChI=1S/C28H30N6O4/c1-38-25-15-23-20(14-24(25)32-28(37)22-9-5-8-21(31-22)18-10-11-18)16-34(33-23)17-26(35)29-12-13-30-27(36)19-6-3-2-4-7-19/h3,5-9,14-16,18H,2,4,10-13,17H2,1H3,(H,29,35)(H,30,36)(H,32,37). The van der Waals surface area contributed by atoms with E-state index in [4.69, 9.17) is 4.74 Å². The fraction of sp³-hybridized carbons (Fsp3) is 0.321. The molecule has 1 fully saturated rings. The second-order valence-corrected chi connectivity index (χ2v) is 9.36. The second kappa shape index (κ2) is 11.3. The zero-order valence-corrected chi connectivity index (χ0v) is 21.2. The predicted molar refractivity (Wildman–Crippen MR) is 143 cm³/mol. The molecule has 0 saturated heterocycles. The van der Waals surface area contributed by atoms with Gasteiger partial charge < -0.3 is 20.7 Å². The zero-order chi connectivity index (χ0) is 26.5. The maximum absolute atomic E-state index is 12.9. The molecule has 0 unspecified atom stereocenters. The Labute approximate surface area is 220 Å². The minimum atomic E-state index is -0.320. The topological polar surface area (TPSA) is 127 Å². The third-order valence-corrected chi connectivity index (χ3v) is 6.42. The monoisotopic (exact) mass is 514 g/mol. The molecular formula is C28H30N6O4. The first kappa shape index (κ1) is 25.2. The maximum atomic E-state index is 12.9. The summed E-state index contributed by atoms with van der Waals surface area (Å²) >= 11 is 0. The molecule has 0 spiro atoms. The number of amides is 3. The third-order valence-electron chi connectivity index (χ3n) is 6.42. The Hall–Kier alpha value is -4.47. The molecule has 3 amide bonds. The first-order chi connectivity index (χ1) is 18.5. The van der Waals surface area contributed by atoms with Crippen molar-refractivity contribution in [3.05, 3.63) is 71.7 Å². The number of nitrogens with one attached hydrogen (secondary N) is 3. The van der Waals surface area contributed by atoms with Gasteiger partial charge in [0.25, 0.3) is 11.8 Å². The minimum absolute atomic E-state index is 0.0123. The molecule has 3 aromatic rings. The minimum Gasteiger partial charge on any atom is -0.494 e. The fourth-order valence-electron chi connectivity index (χ4n) is 4.29. The van der Waals surface area contributed by atoms with Crippen LogP contribution in [0.3, 0.4) is 0 Å². The van der Waals surface area contributed by atoms with Crippen molar-refractivity contribution in [1.82, 2.24) is 25.4 Å². The molecule has 1 saturated carbocycles. The molecular weight excluding hydrogens is 484 g/mol. The average molecular weight is 515 g/mol. The Morgan fingerprint density at radius 1 is 1.08 bits per heavy atom. The van der Waals surface area contributed by atoms with Crippen LogP contribution in [0.4, 0.5) is 5.69 Å². The number of fused-ring (bicyclic) bond motifs is 1. The van der Waals surface area contributed by atoms with Crippen molar-refractivity contribution in [3.8, 4) is 5.75 Å². The van der Waals surface area contributed by atoms with Gasteiger partial charge in [-0.2, -0.15) is 5.10 Å². The highest BCUT2D eigenvalue weighted by atomic mass is 16.5. The van der Waals surface area contributed by atoms with Crippen LogP contribution in [0.1, 0.15) is 47.8 Å². The van der Waals surface area contributed by atoms with E-state index >= 15 is 0 Å². The molecule has 10 heteroatoms. The number of carbonyl (C=O) groups is 3. The van der Waals surface area contributed by atoms with Gasteiger partial charge in [-0.05, 0) is 43.9 Å². The smallest absolute Gasteiger partial charge is 0.274 e. The highest BCUT2D eigenvalue weighted by molar-refractivity contribution is 6.05. The Morgan fingerprint density at radius 2 is 1.92 bits per heavy atom.